The van der Waals surface area contributed by atoms with Gasteiger partial charge in [0.05, 0.1) is 6.61 Å². The van der Waals surface area contributed by atoms with Crippen LogP contribution in [0.4, 0.5) is 0 Å². The Morgan fingerprint density at radius 2 is 1.41 bits per heavy atom. The van der Waals surface area contributed by atoms with E-state index < -0.39 is 6.10 Å². The van der Waals surface area contributed by atoms with Gasteiger partial charge in [0, 0.05) is 26.7 Å². The number of rotatable bonds is 17. The number of hydrogen-bond donors (Lipinski definition) is 0. The van der Waals surface area contributed by atoms with Crippen molar-refractivity contribution in [2.75, 3.05) is 6.61 Å². The Balaban J connectivity index is 4.61. The van der Waals surface area contributed by atoms with Crippen molar-refractivity contribution >= 4 is 17.9 Å². The first-order valence-electron chi connectivity index (χ1n) is 11.6. The fourth-order valence-corrected chi connectivity index (χ4v) is 2.83. The maximum absolute atomic E-state index is 11.4. The summed E-state index contributed by atoms with van der Waals surface area (Å²) in [5.74, 6) is -0.928. The van der Waals surface area contributed by atoms with E-state index in [4.69, 9.17) is 14.2 Å². The normalized spacial score (nSPS) is 13.8. The summed E-state index contributed by atoms with van der Waals surface area (Å²) in [6, 6.07) is 0. The molecule has 6 nitrogen and oxygen atoms in total. The smallest absolute Gasteiger partial charge is 0.305 e. The molecule has 0 N–H and O–H groups in total. The van der Waals surface area contributed by atoms with Gasteiger partial charge in [-0.05, 0) is 44.8 Å². The predicted octanol–water partition coefficient (Wildman–Crippen LogP) is 5.78. The van der Waals surface area contributed by atoms with Crippen LogP contribution in [0, 0.1) is 0 Å². The third-order valence-corrected chi connectivity index (χ3v) is 4.30. The topological polar surface area (TPSA) is 78.9 Å². The molecule has 0 amide bonds. The van der Waals surface area contributed by atoms with Gasteiger partial charge < -0.3 is 14.2 Å². The Labute approximate surface area is 193 Å². The first-order valence-corrected chi connectivity index (χ1v) is 11.6. The lowest BCUT2D eigenvalue weighted by atomic mass is 10.1. The highest BCUT2D eigenvalue weighted by Gasteiger charge is 2.10. The van der Waals surface area contributed by atoms with Crippen molar-refractivity contribution in [3.05, 3.63) is 48.6 Å². The summed E-state index contributed by atoms with van der Waals surface area (Å²) in [5, 5.41) is 0. The molecule has 0 radical (unpaired) electrons. The summed E-state index contributed by atoms with van der Waals surface area (Å²) in [5.41, 5.74) is 0. The number of esters is 3. The Morgan fingerprint density at radius 3 is 2.00 bits per heavy atom. The van der Waals surface area contributed by atoms with E-state index >= 15 is 0 Å². The van der Waals surface area contributed by atoms with Crippen LogP contribution in [0.2, 0.25) is 0 Å². The first kappa shape index (κ1) is 29.4. The van der Waals surface area contributed by atoms with Gasteiger partial charge in [0.2, 0.25) is 0 Å². The van der Waals surface area contributed by atoms with Crippen molar-refractivity contribution in [3.63, 3.8) is 0 Å². The molecule has 0 unspecified atom stereocenters. The van der Waals surface area contributed by atoms with E-state index in [1.54, 1.807) is 19.1 Å². The average Bonchev–Trinajstić information content (AvgIpc) is 2.72. The molecule has 0 fully saturated rings. The minimum Gasteiger partial charge on any atom is -0.466 e. The van der Waals surface area contributed by atoms with Gasteiger partial charge in [-0.2, -0.15) is 0 Å². The Morgan fingerprint density at radius 1 is 0.781 bits per heavy atom. The summed E-state index contributed by atoms with van der Waals surface area (Å²) in [6.45, 7) is 7.07. The van der Waals surface area contributed by atoms with Crippen LogP contribution in [-0.2, 0) is 28.6 Å². The highest BCUT2D eigenvalue weighted by Crippen LogP contribution is 2.09. The molecule has 0 aromatic carbocycles. The molecular weight excluding hydrogens is 408 g/mol. The number of carbonyl (C=O) groups is 3. The van der Waals surface area contributed by atoms with Crippen LogP contribution in [0.15, 0.2) is 48.6 Å². The zero-order valence-electron chi connectivity index (χ0n) is 20.1. The highest BCUT2D eigenvalue weighted by molar-refractivity contribution is 5.69. The zero-order valence-corrected chi connectivity index (χ0v) is 20.1. The predicted molar refractivity (Wildman–Crippen MR) is 127 cm³/mol. The van der Waals surface area contributed by atoms with E-state index in [0.29, 0.717) is 32.3 Å². The van der Waals surface area contributed by atoms with E-state index in [9.17, 15) is 14.4 Å². The van der Waals surface area contributed by atoms with Gasteiger partial charge >= 0.3 is 17.9 Å². The molecule has 0 rings (SSSR count). The molecular formula is C26H40O6. The molecule has 32 heavy (non-hydrogen) atoms. The fraction of sp³-hybridized carbons (Fsp3) is 0.577. The Bertz CT molecular complexity index is 645. The van der Waals surface area contributed by atoms with Crippen LogP contribution in [0.5, 0.6) is 0 Å². The summed E-state index contributed by atoms with van der Waals surface area (Å²) in [6.07, 6.45) is 21.0. The quantitative estimate of drug-likeness (QED) is 0.0923. The van der Waals surface area contributed by atoms with Crippen LogP contribution in [0.1, 0.15) is 79.1 Å². The SMILES string of the molecule is CCCCC/C=C\C[C@H](/C=C/C=C/C=C/[C@H](CCCC(=O)OCC)OC(C)=O)OC(C)=O. The summed E-state index contributed by atoms with van der Waals surface area (Å²) < 4.78 is 15.5. The summed E-state index contributed by atoms with van der Waals surface area (Å²) >= 11 is 0. The molecule has 6 heteroatoms. The van der Waals surface area contributed by atoms with Crippen molar-refractivity contribution in [2.45, 2.75) is 91.3 Å². The average molecular weight is 449 g/mol. The third-order valence-electron chi connectivity index (χ3n) is 4.30. The molecule has 0 saturated carbocycles. The maximum Gasteiger partial charge on any atom is 0.305 e. The van der Waals surface area contributed by atoms with E-state index in [2.05, 4.69) is 19.1 Å². The monoisotopic (exact) mass is 448 g/mol. The standard InChI is InChI=1S/C26H40O6/c1-5-7-8-9-10-13-17-24(31-22(3)27)18-14-11-12-15-19-25(32-23(4)28)20-16-21-26(29)30-6-2/h10-15,18-19,24-25H,5-9,16-17,20-21H2,1-4H3/b12-11+,13-10-,18-14+,19-15+/t24-,25-/m1/s1. The first-order chi connectivity index (χ1) is 15.4. The molecule has 0 aliphatic heterocycles. The van der Waals surface area contributed by atoms with Gasteiger partial charge in [-0.1, -0.05) is 56.2 Å². The Kier molecular flexibility index (Phi) is 18.6. The lowest BCUT2D eigenvalue weighted by Crippen LogP contribution is -2.14. The largest absolute Gasteiger partial charge is 0.466 e. The van der Waals surface area contributed by atoms with E-state index in [-0.39, 0.29) is 24.0 Å². The van der Waals surface area contributed by atoms with E-state index in [0.717, 1.165) is 6.42 Å². The number of hydrogen-bond acceptors (Lipinski definition) is 6. The molecule has 0 bridgehead atoms. The summed E-state index contributed by atoms with van der Waals surface area (Å²) in [7, 11) is 0. The number of carbonyl (C=O) groups excluding carboxylic acids is 3. The van der Waals surface area contributed by atoms with Crippen LogP contribution in [0.25, 0.3) is 0 Å². The summed E-state index contributed by atoms with van der Waals surface area (Å²) in [4.78, 5) is 34.0. The molecule has 0 aromatic heterocycles. The molecule has 0 aliphatic rings. The van der Waals surface area contributed by atoms with Crippen LogP contribution in [0.3, 0.4) is 0 Å². The van der Waals surface area contributed by atoms with Gasteiger partial charge in [-0.25, -0.2) is 0 Å². The van der Waals surface area contributed by atoms with E-state index in [1.165, 1.54) is 33.1 Å². The van der Waals surface area contributed by atoms with Crippen LogP contribution < -0.4 is 0 Å². The second-order valence-corrected chi connectivity index (χ2v) is 7.35. The molecule has 0 aromatic rings. The number of ether oxygens (including phenoxy) is 3. The second kappa shape index (κ2) is 20.3. The van der Waals surface area contributed by atoms with Gasteiger partial charge in [-0.3, -0.25) is 14.4 Å². The van der Waals surface area contributed by atoms with Crippen molar-refractivity contribution in [2.24, 2.45) is 0 Å². The van der Waals surface area contributed by atoms with Crippen molar-refractivity contribution in [1.82, 2.24) is 0 Å². The minimum absolute atomic E-state index is 0.249. The molecule has 0 saturated heterocycles. The molecule has 2 atom stereocenters. The molecule has 0 spiro atoms. The van der Waals surface area contributed by atoms with Gasteiger partial charge in [0.15, 0.2) is 0 Å². The van der Waals surface area contributed by atoms with Crippen LogP contribution >= 0.6 is 0 Å². The fourth-order valence-electron chi connectivity index (χ4n) is 2.83. The van der Waals surface area contributed by atoms with Gasteiger partial charge in [0.1, 0.15) is 12.2 Å². The maximum atomic E-state index is 11.4. The third kappa shape index (κ3) is 19.3. The van der Waals surface area contributed by atoms with Crippen molar-refractivity contribution < 1.29 is 28.6 Å². The molecule has 0 aliphatic carbocycles. The zero-order chi connectivity index (χ0) is 24.0. The van der Waals surface area contributed by atoms with Gasteiger partial charge in [0.25, 0.3) is 0 Å². The van der Waals surface area contributed by atoms with E-state index in [1.807, 2.05) is 24.3 Å². The number of unbranched alkanes of at least 4 members (excludes halogenated alkanes) is 3. The molecule has 180 valence electrons. The van der Waals surface area contributed by atoms with Crippen molar-refractivity contribution in [1.29, 1.82) is 0 Å². The second-order valence-electron chi connectivity index (χ2n) is 7.35. The Hall–Kier alpha value is -2.63. The van der Waals surface area contributed by atoms with Gasteiger partial charge in [-0.15, -0.1) is 0 Å². The lowest BCUT2D eigenvalue weighted by Gasteiger charge is -2.12. The molecule has 0 heterocycles. The highest BCUT2D eigenvalue weighted by atomic mass is 16.5. The number of allylic oxidation sites excluding steroid dienone is 5. The van der Waals surface area contributed by atoms with Crippen molar-refractivity contribution in [3.8, 4) is 0 Å². The van der Waals surface area contributed by atoms with Crippen LogP contribution in [-0.4, -0.2) is 36.7 Å². The minimum atomic E-state index is -0.401. The lowest BCUT2D eigenvalue weighted by molar-refractivity contribution is -0.145.